The Balaban J connectivity index is 1.32. The van der Waals surface area contributed by atoms with E-state index in [0.717, 1.165) is 22.0 Å². The van der Waals surface area contributed by atoms with E-state index in [9.17, 15) is 4.79 Å². The minimum absolute atomic E-state index is 0.224. The first-order chi connectivity index (χ1) is 14.7. The highest BCUT2D eigenvalue weighted by atomic mass is 32.2. The average molecular weight is 410 g/mol. The van der Waals surface area contributed by atoms with Crippen LogP contribution in [0.2, 0.25) is 0 Å². The second-order valence-corrected chi connectivity index (χ2v) is 8.20. The Morgan fingerprint density at radius 1 is 0.867 bits per heavy atom. The highest BCUT2D eigenvalue weighted by Crippen LogP contribution is 2.47. The van der Waals surface area contributed by atoms with E-state index in [1.807, 2.05) is 48.5 Å². The number of fused-ring (bicyclic) bond motifs is 3. The van der Waals surface area contributed by atoms with Crippen LogP contribution in [0.3, 0.4) is 0 Å². The lowest BCUT2D eigenvalue weighted by Gasteiger charge is -2.29. The first-order valence-electron chi connectivity index (χ1n) is 9.66. The van der Waals surface area contributed by atoms with Crippen LogP contribution in [0, 0.1) is 0 Å². The van der Waals surface area contributed by atoms with Crippen LogP contribution in [0.4, 0.5) is 11.4 Å². The van der Waals surface area contributed by atoms with Crippen molar-refractivity contribution in [1.82, 2.24) is 5.43 Å². The van der Waals surface area contributed by atoms with Gasteiger partial charge in [-0.1, -0.05) is 60.3 Å². The van der Waals surface area contributed by atoms with Crippen molar-refractivity contribution in [2.24, 2.45) is 5.10 Å². The second kappa shape index (κ2) is 7.69. The average Bonchev–Trinajstić information content (AvgIpc) is 2.79. The van der Waals surface area contributed by atoms with Gasteiger partial charge in [-0.25, -0.2) is 5.43 Å². The molecule has 4 aromatic carbocycles. The number of nitrogens with zero attached hydrogens (tertiary/aromatic N) is 2. The van der Waals surface area contributed by atoms with Gasteiger partial charge in [-0.15, -0.1) is 0 Å². The summed E-state index contributed by atoms with van der Waals surface area (Å²) in [6.07, 6.45) is 1.68. The van der Waals surface area contributed by atoms with Crippen molar-refractivity contribution in [3.63, 3.8) is 0 Å². The van der Waals surface area contributed by atoms with Crippen LogP contribution in [0.1, 0.15) is 15.9 Å². The molecule has 1 N–H and O–H groups in total. The van der Waals surface area contributed by atoms with Gasteiger partial charge in [0.05, 0.1) is 17.6 Å². The van der Waals surface area contributed by atoms with Crippen molar-refractivity contribution in [1.29, 1.82) is 0 Å². The smallest absolute Gasteiger partial charge is 0.271 e. The van der Waals surface area contributed by atoms with E-state index in [0.29, 0.717) is 5.56 Å². The standard InChI is InChI=1S/C25H19N3OS/c1-28-21-8-4-5-9-23(21)30-24-14-17(10-13-22(24)28)16-26-27-25(29)20-12-11-18-6-2-3-7-19(18)15-20/h2-16H,1H3,(H,27,29)/b26-16+. The van der Waals surface area contributed by atoms with Crippen LogP contribution in [0.5, 0.6) is 0 Å². The number of para-hydroxylation sites is 1. The molecule has 0 saturated heterocycles. The molecule has 5 rings (SSSR count). The van der Waals surface area contributed by atoms with Crippen LogP contribution in [-0.2, 0) is 0 Å². The number of carbonyl (C=O) groups excluding carboxylic acids is 1. The Bertz CT molecular complexity index is 1300. The van der Waals surface area contributed by atoms with Crippen molar-refractivity contribution in [2.75, 3.05) is 11.9 Å². The summed E-state index contributed by atoms with van der Waals surface area (Å²) in [5.74, 6) is -0.224. The largest absolute Gasteiger partial charge is 0.343 e. The van der Waals surface area contributed by atoms with E-state index in [4.69, 9.17) is 0 Å². The van der Waals surface area contributed by atoms with E-state index in [1.54, 1.807) is 18.0 Å². The maximum Gasteiger partial charge on any atom is 0.271 e. The lowest BCUT2D eigenvalue weighted by molar-refractivity contribution is 0.0955. The van der Waals surface area contributed by atoms with E-state index >= 15 is 0 Å². The molecule has 0 spiro atoms. The van der Waals surface area contributed by atoms with Gasteiger partial charge < -0.3 is 4.90 Å². The van der Waals surface area contributed by atoms with Crippen LogP contribution in [-0.4, -0.2) is 19.2 Å². The number of hydrazone groups is 1. The molecule has 30 heavy (non-hydrogen) atoms. The molecule has 4 aromatic rings. The molecule has 0 fully saturated rings. The number of amides is 1. The zero-order valence-electron chi connectivity index (χ0n) is 16.4. The molecule has 4 nitrogen and oxygen atoms in total. The Labute approximate surface area is 179 Å². The van der Waals surface area contributed by atoms with Gasteiger partial charge in [-0.2, -0.15) is 5.10 Å². The van der Waals surface area contributed by atoms with Crippen molar-refractivity contribution < 1.29 is 4.79 Å². The van der Waals surface area contributed by atoms with Crippen molar-refractivity contribution in [3.8, 4) is 0 Å². The molecule has 0 aromatic heterocycles. The first-order valence-corrected chi connectivity index (χ1v) is 10.5. The number of hydrogen-bond donors (Lipinski definition) is 1. The van der Waals surface area contributed by atoms with Gasteiger partial charge in [0, 0.05) is 22.4 Å². The molecule has 146 valence electrons. The third-order valence-electron chi connectivity index (χ3n) is 5.18. The molecule has 0 saturated carbocycles. The fourth-order valence-corrected chi connectivity index (χ4v) is 4.80. The molecule has 0 bridgehead atoms. The lowest BCUT2D eigenvalue weighted by Crippen LogP contribution is -2.17. The summed E-state index contributed by atoms with van der Waals surface area (Å²) in [7, 11) is 2.08. The van der Waals surface area contributed by atoms with E-state index in [-0.39, 0.29) is 5.91 Å². The maximum absolute atomic E-state index is 12.5. The molecule has 0 radical (unpaired) electrons. The third kappa shape index (κ3) is 3.44. The minimum atomic E-state index is -0.224. The fourth-order valence-electron chi connectivity index (χ4n) is 3.60. The zero-order valence-corrected chi connectivity index (χ0v) is 17.2. The topological polar surface area (TPSA) is 44.7 Å². The highest BCUT2D eigenvalue weighted by Gasteiger charge is 2.20. The summed E-state index contributed by atoms with van der Waals surface area (Å²) in [5, 5.41) is 6.30. The Kier molecular flexibility index (Phi) is 4.73. The number of nitrogens with one attached hydrogen (secondary N) is 1. The molecule has 0 unspecified atom stereocenters. The van der Waals surface area contributed by atoms with Gasteiger partial charge in [-0.05, 0) is 52.7 Å². The van der Waals surface area contributed by atoms with E-state index in [2.05, 4.69) is 58.9 Å². The molecule has 1 aliphatic rings. The summed E-state index contributed by atoms with van der Waals surface area (Å²) < 4.78 is 0. The molecule has 5 heteroatoms. The molecule has 0 aliphatic carbocycles. The Morgan fingerprint density at radius 3 is 2.53 bits per heavy atom. The van der Waals surface area contributed by atoms with Gasteiger partial charge in [0.1, 0.15) is 0 Å². The van der Waals surface area contributed by atoms with Gasteiger partial charge in [-0.3, -0.25) is 4.79 Å². The lowest BCUT2D eigenvalue weighted by atomic mass is 10.1. The van der Waals surface area contributed by atoms with Crippen LogP contribution in [0.15, 0.2) is 99.8 Å². The SMILES string of the molecule is CN1c2ccccc2Sc2cc(/C=N/NC(=O)c3ccc4ccccc4c3)ccc21. The quantitative estimate of drug-likeness (QED) is 0.342. The van der Waals surface area contributed by atoms with Gasteiger partial charge >= 0.3 is 0 Å². The van der Waals surface area contributed by atoms with Crippen molar-refractivity contribution >= 4 is 46.0 Å². The number of rotatable bonds is 3. The van der Waals surface area contributed by atoms with Crippen LogP contribution < -0.4 is 10.3 Å². The van der Waals surface area contributed by atoms with Crippen molar-refractivity contribution in [3.05, 3.63) is 96.1 Å². The number of anilines is 2. The number of hydrogen-bond acceptors (Lipinski definition) is 4. The van der Waals surface area contributed by atoms with Gasteiger partial charge in [0.25, 0.3) is 5.91 Å². The number of carbonyl (C=O) groups is 1. The van der Waals surface area contributed by atoms with Crippen molar-refractivity contribution in [2.45, 2.75) is 9.79 Å². The van der Waals surface area contributed by atoms with E-state index < -0.39 is 0 Å². The summed E-state index contributed by atoms with van der Waals surface area (Å²) in [6, 6.07) is 28.2. The molecule has 1 aliphatic heterocycles. The normalized spacial score (nSPS) is 12.6. The minimum Gasteiger partial charge on any atom is -0.343 e. The van der Waals surface area contributed by atoms with Crippen LogP contribution in [0.25, 0.3) is 10.8 Å². The summed E-state index contributed by atoms with van der Waals surface area (Å²) in [5.41, 5.74) is 6.53. The third-order valence-corrected chi connectivity index (χ3v) is 6.30. The molecule has 0 atom stereocenters. The molecule has 1 amide bonds. The van der Waals surface area contributed by atoms with Gasteiger partial charge in [0.15, 0.2) is 0 Å². The van der Waals surface area contributed by atoms with Crippen LogP contribution >= 0.6 is 11.8 Å². The summed E-state index contributed by atoms with van der Waals surface area (Å²) >= 11 is 1.75. The zero-order chi connectivity index (χ0) is 20.5. The predicted octanol–water partition coefficient (Wildman–Crippen LogP) is 5.84. The highest BCUT2D eigenvalue weighted by molar-refractivity contribution is 7.99. The maximum atomic E-state index is 12.5. The molecular weight excluding hydrogens is 390 g/mol. The van der Waals surface area contributed by atoms with E-state index in [1.165, 1.54) is 15.5 Å². The number of benzene rings is 4. The Hall–Kier alpha value is -3.57. The fraction of sp³-hybridized carbons (Fsp3) is 0.0400. The Morgan fingerprint density at radius 2 is 1.63 bits per heavy atom. The summed E-state index contributed by atoms with van der Waals surface area (Å²) in [4.78, 5) is 17.0. The first kappa shape index (κ1) is 18.5. The summed E-state index contributed by atoms with van der Waals surface area (Å²) in [6.45, 7) is 0. The molecular formula is C25H19N3OS. The monoisotopic (exact) mass is 409 g/mol. The van der Waals surface area contributed by atoms with Gasteiger partial charge in [0.2, 0.25) is 0 Å². The molecule has 1 heterocycles. The predicted molar refractivity (Wildman–Crippen MR) is 124 cm³/mol. The second-order valence-electron chi connectivity index (χ2n) is 7.12.